The number of methoxy groups -OCH3 is 1. The number of rotatable bonds is 10. The second-order valence-corrected chi connectivity index (χ2v) is 9.56. The monoisotopic (exact) mass is 499 g/mol. The highest BCUT2D eigenvalue weighted by atomic mass is 16.5. The molecule has 0 saturated carbocycles. The summed E-state index contributed by atoms with van der Waals surface area (Å²) in [5.41, 5.74) is 4.48. The summed E-state index contributed by atoms with van der Waals surface area (Å²) < 4.78 is 17.1. The minimum Gasteiger partial charge on any atom is -0.496 e. The average Bonchev–Trinajstić information content (AvgIpc) is 2.88. The first-order chi connectivity index (χ1) is 17.8. The Morgan fingerprint density at radius 3 is 2.49 bits per heavy atom. The van der Waals surface area contributed by atoms with Gasteiger partial charge in [-0.25, -0.2) is 4.79 Å². The molecule has 0 aliphatic carbocycles. The first-order valence-electron chi connectivity index (χ1n) is 12.4. The van der Waals surface area contributed by atoms with Crippen LogP contribution >= 0.6 is 0 Å². The Balaban J connectivity index is 1.58. The number of fused-ring (bicyclic) bond motifs is 1. The predicted molar refractivity (Wildman–Crippen MR) is 147 cm³/mol. The van der Waals surface area contributed by atoms with Gasteiger partial charge in [0, 0.05) is 40.6 Å². The van der Waals surface area contributed by atoms with Crippen LogP contribution in [-0.2, 0) is 6.42 Å². The number of benzene rings is 3. The molecule has 192 valence electrons. The molecule has 4 rings (SSSR count). The molecule has 4 aromatic rings. The fourth-order valence-corrected chi connectivity index (χ4v) is 4.39. The summed E-state index contributed by atoms with van der Waals surface area (Å²) in [4.78, 5) is 28.2. The lowest BCUT2D eigenvalue weighted by Crippen LogP contribution is -2.16. The molecule has 1 heterocycles. The molecule has 0 bridgehead atoms. The van der Waals surface area contributed by atoms with E-state index in [4.69, 9.17) is 13.9 Å². The molecule has 0 unspecified atom stereocenters. The van der Waals surface area contributed by atoms with Gasteiger partial charge in [0.15, 0.2) is 5.78 Å². The van der Waals surface area contributed by atoms with Crippen molar-refractivity contribution < 1.29 is 18.7 Å². The van der Waals surface area contributed by atoms with Crippen LogP contribution in [0.1, 0.15) is 33.5 Å². The van der Waals surface area contributed by atoms with E-state index in [2.05, 4.69) is 4.90 Å². The SMILES string of the molecule is COc1ccc(C(=O)Cc2cc3ccc(OCCCN(C)C)c(C)c3oc2=O)cc1-c1cccc(C)c1. The van der Waals surface area contributed by atoms with Gasteiger partial charge < -0.3 is 18.8 Å². The Morgan fingerprint density at radius 2 is 1.76 bits per heavy atom. The molecule has 0 atom stereocenters. The van der Waals surface area contributed by atoms with Gasteiger partial charge >= 0.3 is 5.63 Å². The van der Waals surface area contributed by atoms with Gasteiger partial charge in [-0.2, -0.15) is 0 Å². The van der Waals surface area contributed by atoms with E-state index in [1.54, 1.807) is 25.3 Å². The quantitative estimate of drug-likeness (QED) is 0.155. The smallest absolute Gasteiger partial charge is 0.339 e. The van der Waals surface area contributed by atoms with Crippen LogP contribution in [0.15, 0.2) is 69.9 Å². The van der Waals surface area contributed by atoms with E-state index < -0.39 is 5.63 Å². The summed E-state index contributed by atoms with van der Waals surface area (Å²) in [7, 11) is 5.66. The zero-order valence-electron chi connectivity index (χ0n) is 22.1. The summed E-state index contributed by atoms with van der Waals surface area (Å²) in [5.74, 6) is 1.21. The number of ether oxygens (including phenoxy) is 2. The predicted octanol–water partition coefficient (Wildman–Crippen LogP) is 5.84. The maximum absolute atomic E-state index is 13.2. The van der Waals surface area contributed by atoms with Crippen LogP contribution in [0, 0.1) is 13.8 Å². The number of ketones is 1. The molecule has 0 spiro atoms. The van der Waals surface area contributed by atoms with Crippen molar-refractivity contribution in [2.75, 3.05) is 34.4 Å². The van der Waals surface area contributed by atoms with E-state index in [0.717, 1.165) is 40.6 Å². The third kappa shape index (κ3) is 6.09. The molecule has 37 heavy (non-hydrogen) atoms. The first-order valence-corrected chi connectivity index (χ1v) is 12.4. The standard InChI is InChI=1S/C31H33NO5/c1-20-8-6-9-22(16-20)26-18-23(10-13-29(26)35-5)27(33)19-25-17-24-11-12-28(36-15-7-14-32(3)4)21(2)30(24)37-31(25)34/h6,8-13,16-18H,7,14-15,19H2,1-5H3. The van der Waals surface area contributed by atoms with Gasteiger partial charge in [-0.15, -0.1) is 0 Å². The van der Waals surface area contributed by atoms with Gasteiger partial charge in [-0.1, -0.05) is 29.8 Å². The number of Topliss-reactive ketones (excluding diaryl/α,β-unsaturated/α-hetero) is 1. The van der Waals surface area contributed by atoms with E-state index in [9.17, 15) is 9.59 Å². The molecule has 0 N–H and O–H groups in total. The van der Waals surface area contributed by atoms with Crippen molar-refractivity contribution in [3.63, 3.8) is 0 Å². The van der Waals surface area contributed by atoms with Crippen molar-refractivity contribution in [2.45, 2.75) is 26.7 Å². The zero-order chi connectivity index (χ0) is 26.5. The van der Waals surface area contributed by atoms with Crippen LogP contribution in [0.4, 0.5) is 0 Å². The maximum atomic E-state index is 13.2. The Kier molecular flexibility index (Phi) is 8.09. The summed E-state index contributed by atoms with van der Waals surface area (Å²) in [6.07, 6.45) is 0.839. The maximum Gasteiger partial charge on any atom is 0.339 e. The molecule has 0 radical (unpaired) electrons. The minimum atomic E-state index is -0.513. The normalized spacial score (nSPS) is 11.2. The zero-order valence-corrected chi connectivity index (χ0v) is 22.1. The first kappa shape index (κ1) is 26.2. The number of hydrogen-bond acceptors (Lipinski definition) is 6. The highest BCUT2D eigenvalue weighted by Crippen LogP contribution is 2.32. The highest BCUT2D eigenvalue weighted by Gasteiger charge is 2.17. The third-order valence-electron chi connectivity index (χ3n) is 6.38. The van der Waals surface area contributed by atoms with E-state index in [-0.39, 0.29) is 12.2 Å². The molecule has 1 aromatic heterocycles. The second kappa shape index (κ2) is 11.4. The highest BCUT2D eigenvalue weighted by molar-refractivity contribution is 5.99. The molecule has 0 fully saturated rings. The summed E-state index contributed by atoms with van der Waals surface area (Å²) in [5, 5.41) is 0.760. The average molecular weight is 500 g/mol. The number of carbonyl (C=O) groups excluding carboxylic acids is 1. The van der Waals surface area contributed by atoms with Crippen LogP contribution in [0.5, 0.6) is 11.5 Å². The third-order valence-corrected chi connectivity index (χ3v) is 6.38. The van der Waals surface area contributed by atoms with Crippen LogP contribution in [0.2, 0.25) is 0 Å². The fraction of sp³-hybridized carbons (Fsp3) is 0.290. The number of aryl methyl sites for hydroxylation is 2. The Labute approximate surface area is 217 Å². The van der Waals surface area contributed by atoms with Crippen LogP contribution in [0.25, 0.3) is 22.1 Å². The van der Waals surface area contributed by atoms with Crippen molar-refractivity contribution in [1.82, 2.24) is 4.90 Å². The van der Waals surface area contributed by atoms with Gasteiger partial charge in [-0.05, 0) is 76.3 Å². The molecule has 0 aliphatic heterocycles. The van der Waals surface area contributed by atoms with Crippen molar-refractivity contribution in [3.05, 3.63) is 93.3 Å². The molecule has 0 saturated heterocycles. The molecule has 6 heteroatoms. The van der Waals surface area contributed by atoms with E-state index in [1.165, 1.54) is 0 Å². The van der Waals surface area contributed by atoms with E-state index >= 15 is 0 Å². The largest absolute Gasteiger partial charge is 0.496 e. The molecular weight excluding hydrogens is 466 g/mol. The van der Waals surface area contributed by atoms with Gasteiger partial charge in [-0.3, -0.25) is 4.79 Å². The van der Waals surface area contributed by atoms with Crippen molar-refractivity contribution >= 4 is 16.8 Å². The number of carbonyl (C=O) groups is 1. The van der Waals surface area contributed by atoms with Crippen molar-refractivity contribution in [3.8, 4) is 22.6 Å². The van der Waals surface area contributed by atoms with Gasteiger partial charge in [0.25, 0.3) is 0 Å². The van der Waals surface area contributed by atoms with Crippen molar-refractivity contribution in [2.24, 2.45) is 0 Å². The summed E-state index contributed by atoms with van der Waals surface area (Å²) in [6.45, 7) is 5.40. The fourth-order valence-electron chi connectivity index (χ4n) is 4.39. The summed E-state index contributed by atoms with van der Waals surface area (Å²) in [6, 6.07) is 18.9. The Bertz CT molecular complexity index is 1490. The van der Waals surface area contributed by atoms with Crippen molar-refractivity contribution in [1.29, 1.82) is 0 Å². The molecule has 0 aliphatic rings. The lowest BCUT2D eigenvalue weighted by Gasteiger charge is -2.13. The lowest BCUT2D eigenvalue weighted by molar-refractivity contribution is 0.0992. The second-order valence-electron chi connectivity index (χ2n) is 9.56. The number of hydrogen-bond donors (Lipinski definition) is 0. The van der Waals surface area contributed by atoms with Crippen LogP contribution < -0.4 is 15.1 Å². The molecule has 6 nitrogen and oxygen atoms in total. The lowest BCUT2D eigenvalue weighted by atomic mass is 9.96. The Morgan fingerprint density at radius 1 is 0.973 bits per heavy atom. The van der Waals surface area contributed by atoms with E-state index in [0.29, 0.717) is 34.8 Å². The molecule has 0 amide bonds. The van der Waals surface area contributed by atoms with Gasteiger partial charge in [0.2, 0.25) is 0 Å². The van der Waals surface area contributed by atoms with Crippen LogP contribution in [-0.4, -0.2) is 45.0 Å². The van der Waals surface area contributed by atoms with E-state index in [1.807, 2.05) is 70.4 Å². The summed E-state index contributed by atoms with van der Waals surface area (Å²) >= 11 is 0. The van der Waals surface area contributed by atoms with Crippen LogP contribution in [0.3, 0.4) is 0 Å². The van der Waals surface area contributed by atoms with Gasteiger partial charge in [0.05, 0.1) is 13.7 Å². The van der Waals surface area contributed by atoms with Gasteiger partial charge in [0.1, 0.15) is 17.1 Å². The Hall–Kier alpha value is -3.90. The number of nitrogens with zero attached hydrogens (tertiary/aromatic N) is 1. The molecule has 3 aromatic carbocycles. The molecular formula is C31H33NO5. The topological polar surface area (TPSA) is 69.0 Å². The minimum absolute atomic E-state index is 0.0559.